The fourth-order valence-corrected chi connectivity index (χ4v) is 9.30. The second kappa shape index (κ2) is 23.7. The number of nitrogens with zero attached hydrogens (tertiary/aromatic N) is 5. The summed E-state index contributed by atoms with van der Waals surface area (Å²) < 4.78 is 124. The van der Waals surface area contributed by atoms with Crippen LogP contribution in [0.1, 0.15) is 36.1 Å². The quantitative estimate of drug-likeness (QED) is 0.118. The van der Waals surface area contributed by atoms with Gasteiger partial charge in [-0.15, -0.1) is 0 Å². The molecule has 3 heterocycles. The number of halogens is 3. The number of primary sulfonamides is 2. The van der Waals surface area contributed by atoms with Crippen LogP contribution in [0.4, 0.5) is 13.2 Å². The predicted molar refractivity (Wildman–Crippen MR) is 272 cm³/mol. The molecule has 6 aromatic carbocycles. The van der Waals surface area contributed by atoms with Gasteiger partial charge in [0.05, 0.1) is 43.1 Å². The van der Waals surface area contributed by atoms with Gasteiger partial charge < -0.3 is 18.6 Å². The Bertz CT molecular complexity index is 3760. The summed E-state index contributed by atoms with van der Waals surface area (Å²) in [5.41, 5.74) is 7.47. The maximum absolute atomic E-state index is 13.1. The molecular formula is C52H45F3N7NaO9S3. The summed E-state index contributed by atoms with van der Waals surface area (Å²) in [7, 11) is -11.6. The van der Waals surface area contributed by atoms with Gasteiger partial charge in [0.1, 0.15) is 32.9 Å². The molecule has 16 nitrogen and oxygen atoms in total. The minimum absolute atomic E-state index is 0. The maximum Gasteiger partial charge on any atom is 1.00 e. The Balaban J connectivity index is 0.000000182. The monoisotopic (exact) mass is 1090 g/mol. The fraction of sp³-hybridized carbons (Fsp3) is 0.115. The molecule has 0 fully saturated rings. The standard InChI is InChI=1S/C19H18N2O4S.C17H14F3N3O2S.C16H14N2O3S.Na/c1-3-17(22)21-26(23,24)16-11-9-14(10-12-16)18-13(2)25-20-19(18)15-7-5-4-6-8-15;1-11-2-4-12(5-3-11)15-10-16(17(18,19)20)22-23(15)13-6-8-14(9-7-13)26(21,24)25;1-11-15(12-7-9-14(10-8-12)22(17,19)20)16(18-21-11)13-5-3-2-4-6-13;/h4-12H,3H2,1-2H3,(H,21,22);2-10H,1H3,(H2,21,24,25);2-10H,1H3,(H2,17,19,20);/q;;;+1/p-1. The van der Waals surface area contributed by atoms with Gasteiger partial charge in [-0.2, -0.15) is 18.3 Å². The van der Waals surface area contributed by atoms with Gasteiger partial charge in [-0.3, -0.25) is 0 Å². The molecular weight excluding hydrogens is 1040 g/mol. The van der Waals surface area contributed by atoms with Crippen molar-refractivity contribution in [1.82, 2.24) is 20.1 Å². The minimum Gasteiger partial charge on any atom is -0.542 e. The summed E-state index contributed by atoms with van der Waals surface area (Å²) in [6.07, 6.45) is -4.57. The molecule has 4 N–H and O–H groups in total. The number of aromatic nitrogens is 4. The van der Waals surface area contributed by atoms with Crippen LogP contribution in [0.2, 0.25) is 0 Å². The second-order valence-electron chi connectivity index (χ2n) is 16.3. The van der Waals surface area contributed by atoms with Crippen molar-refractivity contribution in [3.05, 3.63) is 191 Å². The molecule has 0 aliphatic heterocycles. The fourth-order valence-electron chi connectivity index (χ4n) is 7.29. The first-order chi connectivity index (χ1) is 34.9. The van der Waals surface area contributed by atoms with Crippen LogP contribution >= 0.6 is 0 Å². The number of carbonyl (C=O) groups excluding carboxylic acids is 1. The van der Waals surface area contributed by atoms with Crippen molar-refractivity contribution in [3.8, 4) is 61.7 Å². The van der Waals surface area contributed by atoms with Crippen LogP contribution in [-0.4, -0.2) is 51.3 Å². The van der Waals surface area contributed by atoms with Crippen molar-refractivity contribution in [2.24, 2.45) is 10.3 Å². The number of sulfonamides is 3. The van der Waals surface area contributed by atoms with Gasteiger partial charge in [0.25, 0.3) is 0 Å². The van der Waals surface area contributed by atoms with E-state index in [4.69, 9.17) is 19.3 Å². The van der Waals surface area contributed by atoms with Gasteiger partial charge in [0.2, 0.25) is 20.0 Å². The first kappa shape index (κ1) is 57.3. The van der Waals surface area contributed by atoms with Crippen molar-refractivity contribution < 1.29 is 81.8 Å². The third-order valence-corrected chi connectivity index (χ3v) is 14.2. The zero-order chi connectivity index (χ0) is 53.6. The van der Waals surface area contributed by atoms with E-state index in [1.165, 1.54) is 48.5 Å². The summed E-state index contributed by atoms with van der Waals surface area (Å²) in [4.78, 5) is 11.2. The molecule has 0 aliphatic rings. The van der Waals surface area contributed by atoms with E-state index in [9.17, 15) is 43.2 Å². The van der Waals surface area contributed by atoms with Crippen LogP contribution in [0.5, 0.6) is 0 Å². The van der Waals surface area contributed by atoms with E-state index in [0.717, 1.165) is 55.4 Å². The first-order valence-electron chi connectivity index (χ1n) is 22.1. The number of alkyl halides is 3. The summed E-state index contributed by atoms with van der Waals surface area (Å²) >= 11 is 0. The topological polar surface area (TPSA) is 256 Å². The molecule has 382 valence electrons. The van der Waals surface area contributed by atoms with Crippen LogP contribution in [0.25, 0.3) is 66.4 Å². The molecule has 0 saturated carbocycles. The molecule has 3 aromatic heterocycles. The molecule has 75 heavy (non-hydrogen) atoms. The number of nitrogens with two attached hydrogens (primary N) is 2. The van der Waals surface area contributed by atoms with E-state index in [1.807, 2.05) is 74.5 Å². The van der Waals surface area contributed by atoms with Crippen LogP contribution in [0.15, 0.2) is 188 Å². The third-order valence-electron chi connectivity index (χ3n) is 11.0. The molecule has 0 bridgehead atoms. The van der Waals surface area contributed by atoms with Crippen LogP contribution in [-0.2, 0) is 41.0 Å². The Labute approximate surface area is 453 Å². The molecule has 0 radical (unpaired) electrons. The first-order valence-corrected chi connectivity index (χ1v) is 26.6. The Morgan fingerprint density at radius 3 is 1.37 bits per heavy atom. The van der Waals surface area contributed by atoms with Gasteiger partial charge >= 0.3 is 35.7 Å². The average Bonchev–Trinajstić information content (AvgIpc) is 4.12. The summed E-state index contributed by atoms with van der Waals surface area (Å²) in [5.74, 6) is 0.628. The smallest absolute Gasteiger partial charge is 0.542 e. The Morgan fingerprint density at radius 1 is 0.573 bits per heavy atom. The van der Waals surface area contributed by atoms with Crippen molar-refractivity contribution in [2.45, 2.75) is 55.0 Å². The summed E-state index contributed by atoms with van der Waals surface area (Å²) in [6, 6.07) is 44.8. The number of rotatable bonds is 11. The maximum atomic E-state index is 13.1. The van der Waals surface area contributed by atoms with E-state index in [0.29, 0.717) is 22.8 Å². The third kappa shape index (κ3) is 14.0. The zero-order valence-corrected chi connectivity index (χ0v) is 45.2. The molecule has 0 saturated heterocycles. The largest absolute Gasteiger partial charge is 1.00 e. The van der Waals surface area contributed by atoms with E-state index >= 15 is 0 Å². The molecule has 9 aromatic rings. The zero-order valence-electron chi connectivity index (χ0n) is 40.7. The van der Waals surface area contributed by atoms with E-state index in [2.05, 4.69) is 20.1 Å². The van der Waals surface area contributed by atoms with Crippen molar-refractivity contribution in [2.75, 3.05) is 0 Å². The molecule has 0 spiro atoms. The van der Waals surface area contributed by atoms with Gasteiger partial charge in [-0.05, 0) is 92.9 Å². The Hall–Kier alpha value is -7.02. The number of aryl methyl sites for hydroxylation is 3. The number of hydrogen-bond acceptors (Lipinski definition) is 12. The molecule has 0 unspecified atom stereocenters. The number of hydrogen-bond donors (Lipinski definition) is 2. The molecule has 23 heteroatoms. The van der Waals surface area contributed by atoms with Gasteiger partial charge in [0.15, 0.2) is 5.69 Å². The van der Waals surface area contributed by atoms with E-state index in [-0.39, 0.29) is 62.0 Å². The normalized spacial score (nSPS) is 11.6. The van der Waals surface area contributed by atoms with Gasteiger partial charge in [-0.25, -0.2) is 40.2 Å². The Kier molecular flexibility index (Phi) is 18.1. The predicted octanol–water partition coefficient (Wildman–Crippen LogP) is 7.80. The van der Waals surface area contributed by atoms with E-state index in [1.54, 1.807) is 62.4 Å². The Morgan fingerprint density at radius 2 is 0.973 bits per heavy atom. The van der Waals surface area contributed by atoms with E-state index < -0.39 is 47.8 Å². The molecule has 9 rings (SSSR count). The molecule has 0 aliphatic carbocycles. The average molecular weight is 1090 g/mol. The molecule has 1 amide bonds. The number of amides is 1. The van der Waals surface area contributed by atoms with Crippen molar-refractivity contribution >= 4 is 36.0 Å². The van der Waals surface area contributed by atoms with Crippen molar-refractivity contribution in [3.63, 3.8) is 0 Å². The van der Waals surface area contributed by atoms with Crippen LogP contribution in [0.3, 0.4) is 0 Å². The van der Waals surface area contributed by atoms with Gasteiger partial charge in [-0.1, -0.05) is 132 Å². The van der Waals surface area contributed by atoms with Crippen LogP contribution < -0.4 is 39.8 Å². The second-order valence-corrected chi connectivity index (χ2v) is 21.0. The van der Waals surface area contributed by atoms with Crippen LogP contribution in [0, 0.1) is 20.8 Å². The van der Waals surface area contributed by atoms with Gasteiger partial charge in [0, 0.05) is 16.7 Å². The summed E-state index contributed by atoms with van der Waals surface area (Å²) in [5, 5.41) is 22.1. The SMILES string of the molecule is CCC(=O)[N-]S(=O)(=O)c1ccc(-c2c(-c3ccccc3)noc2C)cc1.Cc1ccc(-c2cc(C(F)(F)F)nn2-c2ccc(S(N)(=O)=O)cc2)cc1.Cc1onc(-c2ccccc2)c1-c1ccc(S(N)(=O)=O)cc1.[Na+]. The minimum atomic E-state index is -4.61. The summed E-state index contributed by atoms with van der Waals surface area (Å²) in [6.45, 7) is 7.05. The van der Waals surface area contributed by atoms with Crippen molar-refractivity contribution in [1.29, 1.82) is 0 Å². The number of benzene rings is 6. The number of carbonyl (C=O) groups is 1. The molecule has 0 atom stereocenters.